The van der Waals surface area contributed by atoms with E-state index in [1.54, 1.807) is 0 Å². The van der Waals surface area contributed by atoms with E-state index in [1.807, 2.05) is 0 Å². The lowest BCUT2D eigenvalue weighted by Gasteiger charge is -2.28. The molecule has 0 aliphatic heterocycles. The van der Waals surface area contributed by atoms with Crippen LogP contribution in [0.1, 0.15) is 0 Å². The first kappa shape index (κ1) is 37.8. The second kappa shape index (κ2) is 15.5. The van der Waals surface area contributed by atoms with E-state index in [0.717, 1.165) is 28.3 Å². The number of aromatic nitrogens is 1. The zero-order chi connectivity index (χ0) is 43.6. The van der Waals surface area contributed by atoms with Crippen LogP contribution in [0, 0.1) is 0 Å². The standard InChI is InChI=1S/C64H42N2/c1-2-20-51(21-3-1)66-61-29-11-10-27-60(61)64-57(28-14-30-62(64)66)48-19-12-17-45(39-48)46-18-13-22-53(41-46)65(63-42-49-16-5-7-24-55(49)58-25-8-9-26-59(58)63)52-36-33-43(34-37-52)47-35-38-56-50(40-47)32-31-44-15-4-6-23-54(44)56/h1-42H. The normalized spacial score (nSPS) is 11.6. The van der Waals surface area contributed by atoms with Crippen molar-refractivity contribution in [3.8, 4) is 39.1 Å². The first-order valence-electron chi connectivity index (χ1n) is 22.7. The van der Waals surface area contributed by atoms with Crippen molar-refractivity contribution in [3.05, 3.63) is 255 Å². The van der Waals surface area contributed by atoms with Crippen molar-refractivity contribution in [1.29, 1.82) is 0 Å². The summed E-state index contributed by atoms with van der Waals surface area (Å²) >= 11 is 0. The fourth-order valence-electron chi connectivity index (χ4n) is 10.4. The Morgan fingerprint density at radius 3 is 1.67 bits per heavy atom. The van der Waals surface area contributed by atoms with Crippen LogP contribution in [-0.4, -0.2) is 4.57 Å². The van der Waals surface area contributed by atoms with E-state index >= 15 is 0 Å². The molecular formula is C64H42N2. The van der Waals surface area contributed by atoms with E-state index in [4.69, 9.17) is 0 Å². The topological polar surface area (TPSA) is 8.17 Å². The first-order chi connectivity index (χ1) is 32.7. The summed E-state index contributed by atoms with van der Waals surface area (Å²) in [4.78, 5) is 2.44. The number of hydrogen-bond donors (Lipinski definition) is 0. The summed E-state index contributed by atoms with van der Waals surface area (Å²) in [6, 6.07) is 93.3. The maximum Gasteiger partial charge on any atom is 0.0547 e. The lowest BCUT2D eigenvalue weighted by Crippen LogP contribution is -2.10. The molecule has 0 unspecified atom stereocenters. The minimum Gasteiger partial charge on any atom is -0.310 e. The van der Waals surface area contributed by atoms with Crippen molar-refractivity contribution in [2.45, 2.75) is 0 Å². The van der Waals surface area contributed by atoms with Gasteiger partial charge >= 0.3 is 0 Å². The number of nitrogens with zero attached hydrogens (tertiary/aromatic N) is 2. The Balaban J connectivity index is 0.943. The molecule has 0 N–H and O–H groups in total. The molecule has 0 atom stereocenters. The second-order valence-corrected chi connectivity index (χ2v) is 17.3. The van der Waals surface area contributed by atoms with Gasteiger partial charge in [0.25, 0.3) is 0 Å². The van der Waals surface area contributed by atoms with Crippen LogP contribution in [0.2, 0.25) is 0 Å². The quantitative estimate of drug-likeness (QED) is 0.145. The minimum atomic E-state index is 1.09. The highest BCUT2D eigenvalue weighted by molar-refractivity contribution is 6.17. The average Bonchev–Trinajstić information content (AvgIpc) is 3.74. The third-order valence-corrected chi connectivity index (χ3v) is 13.5. The van der Waals surface area contributed by atoms with Crippen molar-refractivity contribution < 1.29 is 0 Å². The molecule has 0 radical (unpaired) electrons. The average molecular weight is 839 g/mol. The molecule has 0 saturated heterocycles. The highest BCUT2D eigenvalue weighted by atomic mass is 15.1. The summed E-state index contributed by atoms with van der Waals surface area (Å²) in [5.41, 5.74) is 14.0. The van der Waals surface area contributed by atoms with Gasteiger partial charge in [-0.1, -0.05) is 188 Å². The number of hydrogen-bond acceptors (Lipinski definition) is 1. The maximum absolute atomic E-state index is 2.44. The molecule has 2 heteroatoms. The van der Waals surface area contributed by atoms with Gasteiger partial charge in [-0.05, 0) is 138 Å². The van der Waals surface area contributed by atoms with E-state index in [-0.39, 0.29) is 0 Å². The molecule has 0 aliphatic rings. The van der Waals surface area contributed by atoms with Crippen LogP contribution >= 0.6 is 0 Å². The molecule has 0 aliphatic carbocycles. The molecular weight excluding hydrogens is 797 g/mol. The fourth-order valence-corrected chi connectivity index (χ4v) is 10.4. The Bertz CT molecular complexity index is 3990. The van der Waals surface area contributed by atoms with Crippen LogP contribution in [0.15, 0.2) is 255 Å². The van der Waals surface area contributed by atoms with Gasteiger partial charge in [0.2, 0.25) is 0 Å². The molecule has 0 saturated carbocycles. The Labute approximate surface area is 383 Å². The third-order valence-electron chi connectivity index (χ3n) is 13.5. The van der Waals surface area contributed by atoms with E-state index < -0.39 is 0 Å². The van der Waals surface area contributed by atoms with Crippen LogP contribution in [0.3, 0.4) is 0 Å². The Kier molecular flexibility index (Phi) is 8.89. The molecule has 308 valence electrons. The van der Waals surface area contributed by atoms with Crippen LogP contribution in [0.25, 0.3) is 104 Å². The van der Waals surface area contributed by atoms with E-state index in [1.165, 1.54) is 92.7 Å². The molecule has 0 spiro atoms. The molecule has 2 nitrogen and oxygen atoms in total. The summed E-state index contributed by atoms with van der Waals surface area (Å²) in [7, 11) is 0. The highest BCUT2D eigenvalue weighted by Crippen LogP contribution is 2.45. The lowest BCUT2D eigenvalue weighted by molar-refractivity contribution is 1.18. The minimum absolute atomic E-state index is 1.09. The van der Waals surface area contributed by atoms with Crippen molar-refractivity contribution in [2.24, 2.45) is 0 Å². The fraction of sp³-hybridized carbons (Fsp3) is 0. The number of rotatable bonds is 7. The van der Waals surface area contributed by atoms with Crippen molar-refractivity contribution in [1.82, 2.24) is 4.57 Å². The SMILES string of the molecule is c1ccc(-n2c3ccccc3c3c(-c4cccc(-c5cccc(N(c6ccc(-c7ccc8c(ccc9ccccc98)c7)cc6)c6cc7ccccc7c7ccccc67)c5)c4)cccc32)cc1. The molecule has 1 heterocycles. The summed E-state index contributed by atoms with van der Waals surface area (Å²) in [6.45, 7) is 0. The maximum atomic E-state index is 2.44. The molecule has 0 bridgehead atoms. The van der Waals surface area contributed by atoms with Crippen LogP contribution in [0.4, 0.5) is 17.1 Å². The van der Waals surface area contributed by atoms with Gasteiger partial charge in [-0.15, -0.1) is 0 Å². The van der Waals surface area contributed by atoms with Gasteiger partial charge in [-0.2, -0.15) is 0 Å². The van der Waals surface area contributed by atoms with Crippen molar-refractivity contribution >= 4 is 82.0 Å². The largest absolute Gasteiger partial charge is 0.310 e. The first-order valence-corrected chi connectivity index (χ1v) is 22.7. The Morgan fingerprint density at radius 1 is 0.273 bits per heavy atom. The van der Waals surface area contributed by atoms with Crippen LogP contribution in [-0.2, 0) is 0 Å². The summed E-state index contributed by atoms with van der Waals surface area (Å²) in [5, 5.41) is 12.5. The molecule has 12 aromatic carbocycles. The van der Waals surface area contributed by atoms with Gasteiger partial charge in [-0.3, -0.25) is 0 Å². The van der Waals surface area contributed by atoms with E-state index in [2.05, 4.69) is 264 Å². The molecule has 13 aromatic rings. The zero-order valence-electron chi connectivity index (χ0n) is 36.1. The van der Waals surface area contributed by atoms with Gasteiger partial charge in [0.15, 0.2) is 0 Å². The van der Waals surface area contributed by atoms with E-state index in [9.17, 15) is 0 Å². The van der Waals surface area contributed by atoms with Crippen LogP contribution in [0.5, 0.6) is 0 Å². The summed E-state index contributed by atoms with van der Waals surface area (Å²) < 4.78 is 2.39. The van der Waals surface area contributed by atoms with Gasteiger partial charge in [0.1, 0.15) is 0 Å². The number of fused-ring (bicyclic) bond motifs is 9. The monoisotopic (exact) mass is 838 g/mol. The molecule has 66 heavy (non-hydrogen) atoms. The van der Waals surface area contributed by atoms with Crippen molar-refractivity contribution in [3.63, 3.8) is 0 Å². The third kappa shape index (κ3) is 6.26. The lowest BCUT2D eigenvalue weighted by atomic mass is 9.95. The summed E-state index contributed by atoms with van der Waals surface area (Å²) in [5.74, 6) is 0. The smallest absolute Gasteiger partial charge is 0.0547 e. The van der Waals surface area contributed by atoms with Crippen molar-refractivity contribution in [2.75, 3.05) is 4.90 Å². The molecule has 0 amide bonds. The number of para-hydroxylation sites is 2. The zero-order valence-corrected chi connectivity index (χ0v) is 36.1. The number of benzene rings is 12. The Morgan fingerprint density at radius 2 is 0.833 bits per heavy atom. The van der Waals surface area contributed by atoms with Gasteiger partial charge in [0.05, 0.1) is 16.7 Å². The predicted molar refractivity (Wildman–Crippen MR) is 282 cm³/mol. The molecule has 1 aromatic heterocycles. The predicted octanol–water partition coefficient (Wildman–Crippen LogP) is 17.9. The second-order valence-electron chi connectivity index (χ2n) is 17.3. The number of anilines is 3. The molecule has 13 rings (SSSR count). The Hall–Kier alpha value is -8.72. The van der Waals surface area contributed by atoms with E-state index in [0.29, 0.717) is 0 Å². The van der Waals surface area contributed by atoms with Gasteiger partial charge in [-0.25, -0.2) is 0 Å². The van der Waals surface area contributed by atoms with Gasteiger partial charge in [0, 0.05) is 33.2 Å². The van der Waals surface area contributed by atoms with Gasteiger partial charge < -0.3 is 9.47 Å². The van der Waals surface area contributed by atoms with Crippen LogP contribution < -0.4 is 4.90 Å². The highest BCUT2D eigenvalue weighted by Gasteiger charge is 2.20. The summed E-state index contributed by atoms with van der Waals surface area (Å²) in [6.07, 6.45) is 0. The molecule has 0 fully saturated rings.